The second-order valence-electron chi connectivity index (χ2n) is 1.52. The maximum absolute atomic E-state index is 3.68. The Morgan fingerprint density at radius 2 is 2.11 bits per heavy atom. The number of rotatable bonds is 4. The molecule has 0 radical (unpaired) electrons. The minimum Gasteiger partial charge on any atom is -0.394 e. The van der Waals surface area contributed by atoms with Gasteiger partial charge in [-0.2, -0.15) is 0 Å². The zero-order chi connectivity index (χ0) is 7.11. The van der Waals surface area contributed by atoms with Crippen molar-refractivity contribution in [3.05, 3.63) is 24.6 Å². The lowest BCUT2D eigenvalue weighted by molar-refractivity contribution is 0.706. The Morgan fingerprint density at radius 3 is 2.56 bits per heavy atom. The Hall–Kier alpha value is -0.960. The van der Waals surface area contributed by atoms with Crippen molar-refractivity contribution >= 4 is 0 Å². The molecule has 0 rings (SSSR count). The van der Waals surface area contributed by atoms with Crippen LogP contribution in [-0.2, 0) is 0 Å². The van der Waals surface area contributed by atoms with Gasteiger partial charge in [-0.15, -0.1) is 0 Å². The quantitative estimate of drug-likeness (QED) is 0.366. The summed E-state index contributed by atoms with van der Waals surface area (Å²) in [4.78, 5) is 0. The molecule has 52 valence electrons. The second-order valence-corrected chi connectivity index (χ2v) is 1.52. The maximum Gasteiger partial charge on any atom is 0.0430 e. The predicted octanol–water partition coefficient (Wildman–Crippen LogP) is -0.0428. The van der Waals surface area contributed by atoms with E-state index in [2.05, 4.69) is 22.7 Å². The molecule has 0 aromatic carbocycles. The molecule has 0 aromatic heterocycles. The monoisotopic (exact) mass is 127 g/mol. The van der Waals surface area contributed by atoms with Gasteiger partial charge in [-0.05, 0) is 12.3 Å². The Labute approximate surface area is 55.8 Å². The first kappa shape index (κ1) is 8.04. The van der Waals surface area contributed by atoms with Crippen LogP contribution >= 0.6 is 0 Å². The Morgan fingerprint density at radius 1 is 1.44 bits per heavy atom. The molecule has 0 aliphatic rings. The first-order valence-corrected chi connectivity index (χ1v) is 2.76. The SMILES string of the molecule is C=C(/C=C/NC)NNC. The van der Waals surface area contributed by atoms with E-state index in [1.807, 2.05) is 13.1 Å². The van der Waals surface area contributed by atoms with Crippen LogP contribution in [0.2, 0.25) is 0 Å². The highest BCUT2D eigenvalue weighted by Crippen LogP contribution is 1.80. The average molecular weight is 127 g/mol. The van der Waals surface area contributed by atoms with Crippen molar-refractivity contribution in [2.75, 3.05) is 14.1 Å². The van der Waals surface area contributed by atoms with Crippen LogP contribution in [0.25, 0.3) is 0 Å². The summed E-state index contributed by atoms with van der Waals surface area (Å²) in [5.74, 6) is 0. The van der Waals surface area contributed by atoms with Gasteiger partial charge in [-0.1, -0.05) is 6.58 Å². The lowest BCUT2D eigenvalue weighted by Gasteiger charge is -2.00. The van der Waals surface area contributed by atoms with Gasteiger partial charge in [-0.3, -0.25) is 0 Å². The number of hydrazine groups is 1. The third kappa shape index (κ3) is 4.90. The molecular formula is C6H13N3. The molecule has 3 N–H and O–H groups in total. The van der Waals surface area contributed by atoms with Crippen molar-refractivity contribution in [1.29, 1.82) is 0 Å². The molecule has 0 heterocycles. The molecule has 0 amide bonds. The van der Waals surface area contributed by atoms with E-state index >= 15 is 0 Å². The van der Waals surface area contributed by atoms with E-state index in [1.165, 1.54) is 0 Å². The van der Waals surface area contributed by atoms with Gasteiger partial charge in [0.15, 0.2) is 0 Å². The van der Waals surface area contributed by atoms with E-state index in [0.717, 1.165) is 5.70 Å². The van der Waals surface area contributed by atoms with Crippen molar-refractivity contribution in [2.24, 2.45) is 0 Å². The smallest absolute Gasteiger partial charge is 0.0430 e. The first-order chi connectivity index (χ1) is 4.31. The third-order valence-corrected chi connectivity index (χ3v) is 0.737. The highest BCUT2D eigenvalue weighted by molar-refractivity contribution is 5.10. The number of nitrogens with one attached hydrogen (secondary N) is 3. The summed E-state index contributed by atoms with van der Waals surface area (Å²) < 4.78 is 0. The third-order valence-electron chi connectivity index (χ3n) is 0.737. The van der Waals surface area contributed by atoms with Crippen LogP contribution in [0.1, 0.15) is 0 Å². The lowest BCUT2D eigenvalue weighted by Crippen LogP contribution is -2.25. The van der Waals surface area contributed by atoms with Gasteiger partial charge in [0.2, 0.25) is 0 Å². The van der Waals surface area contributed by atoms with Crippen LogP contribution in [0, 0.1) is 0 Å². The molecule has 3 nitrogen and oxygen atoms in total. The summed E-state index contributed by atoms with van der Waals surface area (Å²) in [5, 5.41) is 2.85. The average Bonchev–Trinajstić information content (AvgIpc) is 1.85. The van der Waals surface area contributed by atoms with Crippen LogP contribution in [0.5, 0.6) is 0 Å². The van der Waals surface area contributed by atoms with Gasteiger partial charge < -0.3 is 10.7 Å². The van der Waals surface area contributed by atoms with Gasteiger partial charge in [0, 0.05) is 19.8 Å². The normalized spacial score (nSPS) is 9.56. The summed E-state index contributed by atoms with van der Waals surface area (Å²) in [6.45, 7) is 3.68. The Kier molecular flexibility index (Phi) is 4.63. The Bertz CT molecular complexity index is 107. The number of hydrogen-bond donors (Lipinski definition) is 3. The minimum absolute atomic E-state index is 0.826. The summed E-state index contributed by atoms with van der Waals surface area (Å²) >= 11 is 0. The van der Waals surface area contributed by atoms with Gasteiger partial charge in [0.25, 0.3) is 0 Å². The largest absolute Gasteiger partial charge is 0.394 e. The molecule has 0 bridgehead atoms. The van der Waals surface area contributed by atoms with Crippen LogP contribution in [0.3, 0.4) is 0 Å². The summed E-state index contributed by atoms with van der Waals surface area (Å²) in [6, 6.07) is 0. The van der Waals surface area contributed by atoms with Crippen molar-refractivity contribution in [2.45, 2.75) is 0 Å². The summed E-state index contributed by atoms with van der Waals surface area (Å²) in [7, 11) is 3.63. The highest BCUT2D eigenvalue weighted by atomic mass is 15.3. The molecular weight excluding hydrogens is 114 g/mol. The molecule has 0 saturated carbocycles. The van der Waals surface area contributed by atoms with Crippen LogP contribution in [-0.4, -0.2) is 14.1 Å². The zero-order valence-electron chi connectivity index (χ0n) is 5.86. The van der Waals surface area contributed by atoms with E-state index in [9.17, 15) is 0 Å². The molecule has 0 aromatic rings. The fourth-order valence-corrected chi connectivity index (χ4v) is 0.386. The van der Waals surface area contributed by atoms with E-state index in [1.54, 1.807) is 13.2 Å². The minimum atomic E-state index is 0.826. The van der Waals surface area contributed by atoms with Crippen molar-refractivity contribution < 1.29 is 0 Å². The standard InChI is InChI=1S/C6H13N3/c1-6(9-8-3)4-5-7-2/h4-5,7-9H,1H2,2-3H3/b5-4+. The Balaban J connectivity index is 3.37. The lowest BCUT2D eigenvalue weighted by atomic mass is 10.5. The molecule has 0 unspecified atom stereocenters. The molecule has 0 spiro atoms. The number of allylic oxidation sites excluding steroid dienone is 1. The molecule has 3 heteroatoms. The van der Waals surface area contributed by atoms with E-state index in [0.29, 0.717) is 0 Å². The van der Waals surface area contributed by atoms with Crippen molar-refractivity contribution in [1.82, 2.24) is 16.2 Å². The molecule has 0 saturated heterocycles. The molecule has 0 atom stereocenters. The number of hydrogen-bond acceptors (Lipinski definition) is 3. The van der Waals surface area contributed by atoms with Crippen LogP contribution < -0.4 is 16.2 Å². The van der Waals surface area contributed by atoms with Crippen LogP contribution in [0.15, 0.2) is 24.6 Å². The van der Waals surface area contributed by atoms with E-state index in [4.69, 9.17) is 0 Å². The fraction of sp³-hybridized carbons (Fsp3) is 0.333. The van der Waals surface area contributed by atoms with Gasteiger partial charge in [-0.25, -0.2) is 5.43 Å². The van der Waals surface area contributed by atoms with Crippen LogP contribution in [0.4, 0.5) is 0 Å². The molecule has 0 aliphatic carbocycles. The summed E-state index contributed by atoms with van der Waals surface area (Å²) in [5.41, 5.74) is 6.38. The van der Waals surface area contributed by atoms with Gasteiger partial charge in [0.1, 0.15) is 0 Å². The highest BCUT2D eigenvalue weighted by Gasteiger charge is 1.77. The van der Waals surface area contributed by atoms with Gasteiger partial charge >= 0.3 is 0 Å². The van der Waals surface area contributed by atoms with E-state index in [-0.39, 0.29) is 0 Å². The molecule has 0 aliphatic heterocycles. The summed E-state index contributed by atoms with van der Waals surface area (Å²) in [6.07, 6.45) is 3.63. The molecule has 9 heavy (non-hydrogen) atoms. The van der Waals surface area contributed by atoms with Crippen molar-refractivity contribution in [3.8, 4) is 0 Å². The topological polar surface area (TPSA) is 36.1 Å². The zero-order valence-corrected chi connectivity index (χ0v) is 5.86. The maximum atomic E-state index is 3.68. The van der Waals surface area contributed by atoms with E-state index < -0.39 is 0 Å². The van der Waals surface area contributed by atoms with Crippen molar-refractivity contribution in [3.63, 3.8) is 0 Å². The first-order valence-electron chi connectivity index (χ1n) is 2.76. The predicted molar refractivity (Wildman–Crippen MR) is 39.5 cm³/mol. The fourth-order valence-electron chi connectivity index (χ4n) is 0.386. The molecule has 0 fully saturated rings. The second kappa shape index (κ2) is 5.18. The van der Waals surface area contributed by atoms with Gasteiger partial charge in [0.05, 0.1) is 0 Å².